The molecule has 0 radical (unpaired) electrons. The van der Waals surface area contributed by atoms with Crippen LogP contribution < -0.4 is 5.73 Å². The van der Waals surface area contributed by atoms with Gasteiger partial charge in [0.1, 0.15) is 0 Å². The minimum Gasteiger partial charge on any atom is -0.366 e. The zero-order valence-electron chi connectivity index (χ0n) is 7.22. The molecule has 1 heterocycles. The SMILES string of the molecule is Cc1ncc(I)c(C(F)F)c1C(N)=O. The van der Waals surface area contributed by atoms with Gasteiger partial charge in [-0.15, -0.1) is 0 Å². The molecule has 0 unspecified atom stereocenters. The minimum absolute atomic E-state index is 0.174. The number of aromatic nitrogens is 1. The fourth-order valence-corrected chi connectivity index (χ4v) is 1.77. The average molecular weight is 312 g/mol. The largest absolute Gasteiger partial charge is 0.366 e. The van der Waals surface area contributed by atoms with E-state index in [0.717, 1.165) is 0 Å². The maximum atomic E-state index is 12.6. The van der Waals surface area contributed by atoms with Gasteiger partial charge in [-0.25, -0.2) is 8.78 Å². The molecule has 76 valence electrons. The van der Waals surface area contributed by atoms with Crippen molar-refractivity contribution in [1.82, 2.24) is 4.98 Å². The molecule has 0 bridgehead atoms. The molecule has 0 saturated carbocycles. The van der Waals surface area contributed by atoms with Crippen LogP contribution in [0.3, 0.4) is 0 Å². The van der Waals surface area contributed by atoms with Gasteiger partial charge in [0.2, 0.25) is 0 Å². The number of halogens is 3. The van der Waals surface area contributed by atoms with Crippen molar-refractivity contribution in [3.8, 4) is 0 Å². The maximum absolute atomic E-state index is 12.6. The lowest BCUT2D eigenvalue weighted by Crippen LogP contribution is -2.17. The highest BCUT2D eigenvalue weighted by atomic mass is 127. The molecule has 0 aliphatic heterocycles. The highest BCUT2D eigenvalue weighted by Crippen LogP contribution is 2.28. The molecule has 0 aromatic carbocycles. The van der Waals surface area contributed by atoms with Crippen LogP contribution in [-0.4, -0.2) is 10.9 Å². The van der Waals surface area contributed by atoms with E-state index >= 15 is 0 Å². The lowest BCUT2D eigenvalue weighted by atomic mass is 10.1. The molecular weight excluding hydrogens is 305 g/mol. The van der Waals surface area contributed by atoms with E-state index in [9.17, 15) is 13.6 Å². The molecule has 1 amide bonds. The number of pyridine rings is 1. The van der Waals surface area contributed by atoms with Crippen LogP contribution in [0, 0.1) is 10.5 Å². The number of carbonyl (C=O) groups is 1. The quantitative estimate of drug-likeness (QED) is 0.850. The third-order valence-corrected chi connectivity index (χ3v) is 2.58. The second-order valence-corrected chi connectivity index (χ2v) is 3.81. The Morgan fingerprint density at radius 1 is 1.64 bits per heavy atom. The van der Waals surface area contributed by atoms with Gasteiger partial charge in [0.05, 0.1) is 11.3 Å². The summed E-state index contributed by atoms with van der Waals surface area (Å²) in [7, 11) is 0. The van der Waals surface area contributed by atoms with Gasteiger partial charge in [0.25, 0.3) is 12.3 Å². The van der Waals surface area contributed by atoms with E-state index < -0.39 is 12.3 Å². The molecule has 0 saturated heterocycles. The lowest BCUT2D eigenvalue weighted by Gasteiger charge is -2.09. The van der Waals surface area contributed by atoms with E-state index in [2.05, 4.69) is 4.98 Å². The number of rotatable bonds is 2. The second-order valence-electron chi connectivity index (χ2n) is 2.65. The van der Waals surface area contributed by atoms with Crippen molar-refractivity contribution in [2.24, 2.45) is 5.73 Å². The summed E-state index contributed by atoms with van der Waals surface area (Å²) in [6, 6.07) is 0. The third-order valence-electron chi connectivity index (χ3n) is 1.72. The van der Waals surface area contributed by atoms with E-state index in [1.165, 1.54) is 13.1 Å². The van der Waals surface area contributed by atoms with Crippen molar-refractivity contribution in [3.63, 3.8) is 0 Å². The Labute approximate surface area is 92.8 Å². The standard InChI is InChI=1S/C8H7F2IN2O/c1-3-5(8(12)14)6(7(9)10)4(11)2-13-3/h2,7H,1H3,(H2,12,14). The highest BCUT2D eigenvalue weighted by Gasteiger charge is 2.22. The van der Waals surface area contributed by atoms with Crippen molar-refractivity contribution in [2.75, 3.05) is 0 Å². The Morgan fingerprint density at radius 3 is 2.57 bits per heavy atom. The van der Waals surface area contributed by atoms with Crippen molar-refractivity contribution in [1.29, 1.82) is 0 Å². The van der Waals surface area contributed by atoms with E-state index in [1.807, 2.05) is 0 Å². The van der Waals surface area contributed by atoms with E-state index in [4.69, 9.17) is 5.73 Å². The van der Waals surface area contributed by atoms with Gasteiger partial charge in [0.15, 0.2) is 0 Å². The van der Waals surface area contributed by atoms with Crippen LogP contribution >= 0.6 is 22.6 Å². The summed E-state index contributed by atoms with van der Waals surface area (Å²) in [5, 5.41) is 0. The second kappa shape index (κ2) is 4.16. The summed E-state index contributed by atoms with van der Waals surface area (Å²) in [5.74, 6) is -0.871. The van der Waals surface area contributed by atoms with Crippen molar-refractivity contribution in [2.45, 2.75) is 13.3 Å². The van der Waals surface area contributed by atoms with E-state index in [0.29, 0.717) is 0 Å². The molecule has 0 aliphatic carbocycles. The van der Waals surface area contributed by atoms with Crippen molar-refractivity contribution in [3.05, 3.63) is 26.6 Å². The minimum atomic E-state index is -2.72. The zero-order valence-corrected chi connectivity index (χ0v) is 9.38. The topological polar surface area (TPSA) is 56.0 Å². The Bertz CT molecular complexity index is 382. The molecule has 0 fully saturated rings. The Morgan fingerprint density at radius 2 is 2.21 bits per heavy atom. The van der Waals surface area contributed by atoms with Crippen LogP contribution in [-0.2, 0) is 0 Å². The summed E-state index contributed by atoms with van der Waals surface area (Å²) in [5.41, 5.74) is 4.73. The summed E-state index contributed by atoms with van der Waals surface area (Å²) >= 11 is 1.70. The van der Waals surface area contributed by atoms with Crippen molar-refractivity contribution >= 4 is 28.5 Å². The Balaban J connectivity index is 3.50. The Hall–Kier alpha value is -0.790. The monoisotopic (exact) mass is 312 g/mol. The van der Waals surface area contributed by atoms with Gasteiger partial charge in [-0.05, 0) is 29.5 Å². The van der Waals surface area contributed by atoms with Crippen LogP contribution in [0.15, 0.2) is 6.20 Å². The molecular formula is C8H7F2IN2O. The average Bonchev–Trinajstić information content (AvgIpc) is 2.07. The summed E-state index contributed by atoms with van der Waals surface area (Å²) in [6.07, 6.45) is -1.42. The third kappa shape index (κ3) is 1.99. The maximum Gasteiger partial charge on any atom is 0.265 e. The number of alkyl halides is 2. The first-order chi connectivity index (χ1) is 6.45. The van der Waals surface area contributed by atoms with Crippen LogP contribution in [0.2, 0.25) is 0 Å². The molecule has 0 aliphatic rings. The molecule has 3 nitrogen and oxygen atoms in total. The molecule has 2 N–H and O–H groups in total. The van der Waals surface area contributed by atoms with E-state index in [-0.39, 0.29) is 20.4 Å². The normalized spacial score (nSPS) is 10.6. The van der Waals surface area contributed by atoms with Gasteiger partial charge in [0, 0.05) is 15.3 Å². The van der Waals surface area contributed by atoms with Gasteiger partial charge in [-0.3, -0.25) is 9.78 Å². The fraction of sp³-hybridized carbons (Fsp3) is 0.250. The zero-order chi connectivity index (χ0) is 10.9. The van der Waals surface area contributed by atoms with Crippen LogP contribution in [0.1, 0.15) is 28.0 Å². The molecule has 1 aromatic rings. The first kappa shape index (κ1) is 11.3. The van der Waals surface area contributed by atoms with Crippen LogP contribution in [0.25, 0.3) is 0 Å². The number of aryl methyl sites for hydroxylation is 1. The van der Waals surface area contributed by atoms with E-state index in [1.54, 1.807) is 22.6 Å². The van der Waals surface area contributed by atoms with Crippen LogP contribution in [0.4, 0.5) is 8.78 Å². The number of hydrogen-bond acceptors (Lipinski definition) is 2. The summed E-state index contributed by atoms with van der Waals surface area (Å²) in [6.45, 7) is 1.47. The molecule has 1 aromatic heterocycles. The predicted octanol–water partition coefficient (Wildman–Crippen LogP) is 2.03. The van der Waals surface area contributed by atoms with Gasteiger partial charge < -0.3 is 5.73 Å². The number of nitrogens with two attached hydrogens (primary N) is 1. The molecule has 0 spiro atoms. The number of carbonyl (C=O) groups excluding carboxylic acids is 1. The molecule has 0 atom stereocenters. The number of primary amides is 1. The van der Waals surface area contributed by atoms with Crippen molar-refractivity contribution < 1.29 is 13.6 Å². The van der Waals surface area contributed by atoms with Gasteiger partial charge >= 0.3 is 0 Å². The Kier molecular flexibility index (Phi) is 3.35. The smallest absolute Gasteiger partial charge is 0.265 e. The number of nitrogens with zero attached hydrogens (tertiary/aromatic N) is 1. The van der Waals surface area contributed by atoms with Gasteiger partial charge in [-0.2, -0.15) is 0 Å². The predicted molar refractivity (Wildman–Crippen MR) is 55.2 cm³/mol. The highest BCUT2D eigenvalue weighted by molar-refractivity contribution is 14.1. The lowest BCUT2D eigenvalue weighted by molar-refractivity contribution is 0.0984. The summed E-state index contributed by atoms with van der Waals surface area (Å²) < 4.78 is 25.4. The molecule has 6 heteroatoms. The van der Waals surface area contributed by atoms with Gasteiger partial charge in [-0.1, -0.05) is 0 Å². The van der Waals surface area contributed by atoms with Crippen LogP contribution in [0.5, 0.6) is 0 Å². The fourth-order valence-electron chi connectivity index (χ4n) is 1.13. The number of hydrogen-bond donors (Lipinski definition) is 1. The first-order valence-corrected chi connectivity index (χ1v) is 4.76. The molecule has 1 rings (SSSR count). The molecule has 14 heavy (non-hydrogen) atoms. The summed E-state index contributed by atoms with van der Waals surface area (Å²) in [4.78, 5) is 14.7. The number of amides is 1. The first-order valence-electron chi connectivity index (χ1n) is 3.68.